The van der Waals surface area contributed by atoms with Gasteiger partial charge in [0.05, 0.1) is 11.0 Å². The van der Waals surface area contributed by atoms with Gasteiger partial charge >= 0.3 is 0 Å². The molecule has 162 valence electrons. The van der Waals surface area contributed by atoms with Gasteiger partial charge in [-0.25, -0.2) is 13.1 Å². The first-order valence-electron chi connectivity index (χ1n) is 10.6. The molecule has 1 aromatic carbocycles. The summed E-state index contributed by atoms with van der Waals surface area (Å²) >= 11 is 0. The predicted molar refractivity (Wildman–Crippen MR) is 115 cm³/mol. The highest BCUT2D eigenvalue weighted by atomic mass is 32.2. The van der Waals surface area contributed by atoms with Crippen molar-refractivity contribution in [2.45, 2.75) is 69.0 Å². The van der Waals surface area contributed by atoms with Crippen molar-refractivity contribution in [3.8, 4) is 0 Å². The van der Waals surface area contributed by atoms with Crippen molar-refractivity contribution in [3.63, 3.8) is 0 Å². The summed E-state index contributed by atoms with van der Waals surface area (Å²) in [5, 5.41) is 6.82. The molecular weight excluding hydrogens is 388 g/mol. The lowest BCUT2D eigenvalue weighted by atomic mass is 9.87. The van der Waals surface area contributed by atoms with Crippen molar-refractivity contribution < 1.29 is 13.2 Å². The highest BCUT2D eigenvalue weighted by molar-refractivity contribution is 7.89. The van der Waals surface area contributed by atoms with Crippen LogP contribution >= 0.6 is 0 Å². The van der Waals surface area contributed by atoms with Gasteiger partial charge in [0, 0.05) is 32.8 Å². The van der Waals surface area contributed by atoms with Gasteiger partial charge in [0.25, 0.3) is 0 Å². The van der Waals surface area contributed by atoms with Gasteiger partial charge in [-0.05, 0) is 62.1 Å². The Bertz CT molecular complexity index is 766. The molecule has 3 N–H and O–H groups in total. The Morgan fingerprint density at radius 1 is 1.14 bits per heavy atom. The molecule has 0 spiro atoms. The second kappa shape index (κ2) is 10.4. The average molecular weight is 423 g/mol. The van der Waals surface area contributed by atoms with E-state index in [1.165, 1.54) is 25.7 Å². The number of nitrogens with one attached hydrogen (secondary N) is 3. The molecule has 1 saturated carbocycles. The van der Waals surface area contributed by atoms with Crippen molar-refractivity contribution in [1.82, 2.24) is 15.4 Å². The number of hydrogen-bond donors (Lipinski definition) is 3. The molecular formula is C21H34N4O3S. The first-order valence-corrected chi connectivity index (χ1v) is 12.1. The molecule has 2 fully saturated rings. The summed E-state index contributed by atoms with van der Waals surface area (Å²) in [5.74, 6) is 1.61. The van der Waals surface area contributed by atoms with E-state index in [-0.39, 0.29) is 11.0 Å². The minimum Gasteiger partial charge on any atom is -0.377 e. The number of nitrogens with zero attached hydrogens (tertiary/aromatic N) is 1. The Morgan fingerprint density at radius 3 is 2.48 bits per heavy atom. The Balaban J connectivity index is 1.47. The summed E-state index contributed by atoms with van der Waals surface area (Å²) in [7, 11) is -1.74. The maximum Gasteiger partial charge on any atom is 0.240 e. The third-order valence-electron chi connectivity index (χ3n) is 5.80. The lowest BCUT2D eigenvalue weighted by Crippen LogP contribution is -2.44. The summed E-state index contributed by atoms with van der Waals surface area (Å²) in [6, 6.07) is 7.44. The Kier molecular flexibility index (Phi) is 7.91. The normalized spacial score (nSPS) is 25.7. The lowest BCUT2D eigenvalue weighted by molar-refractivity contribution is 0.114. The Morgan fingerprint density at radius 2 is 1.86 bits per heavy atom. The van der Waals surface area contributed by atoms with Gasteiger partial charge in [0.15, 0.2) is 5.96 Å². The molecule has 3 rings (SSSR count). The molecule has 0 amide bonds. The molecule has 2 aliphatic rings. The summed E-state index contributed by atoms with van der Waals surface area (Å²) in [6.45, 7) is 3.94. The van der Waals surface area contributed by atoms with Crippen LogP contribution in [0.15, 0.2) is 34.2 Å². The molecule has 1 aliphatic heterocycles. The summed E-state index contributed by atoms with van der Waals surface area (Å²) < 4.78 is 33.0. The predicted octanol–water partition coefficient (Wildman–Crippen LogP) is 2.39. The number of sulfonamides is 1. The molecule has 1 aromatic rings. The molecule has 1 heterocycles. The van der Waals surface area contributed by atoms with E-state index in [0.29, 0.717) is 25.7 Å². The Labute approximate surface area is 174 Å². The second-order valence-corrected chi connectivity index (χ2v) is 9.92. The molecule has 1 aliphatic carbocycles. The monoisotopic (exact) mass is 422 g/mol. The lowest BCUT2D eigenvalue weighted by Gasteiger charge is -2.28. The van der Waals surface area contributed by atoms with Crippen LogP contribution in [0.3, 0.4) is 0 Å². The number of guanidine groups is 1. The Hall–Kier alpha value is -1.64. The van der Waals surface area contributed by atoms with Gasteiger partial charge in [-0.3, -0.25) is 4.99 Å². The summed E-state index contributed by atoms with van der Waals surface area (Å²) in [5.41, 5.74) is 1.00. The first-order chi connectivity index (χ1) is 14.0. The van der Waals surface area contributed by atoms with Crippen LogP contribution in [0.1, 0.15) is 51.0 Å². The van der Waals surface area contributed by atoms with E-state index in [0.717, 1.165) is 30.3 Å². The van der Waals surface area contributed by atoms with Crippen LogP contribution in [-0.4, -0.2) is 46.7 Å². The minimum absolute atomic E-state index is 0.0140. The topological polar surface area (TPSA) is 91.8 Å². The minimum atomic E-state index is -3.51. The fourth-order valence-electron chi connectivity index (χ4n) is 3.86. The number of benzene rings is 1. The first kappa shape index (κ1) is 22.1. The number of hydrogen-bond acceptors (Lipinski definition) is 4. The van der Waals surface area contributed by atoms with Crippen LogP contribution in [0.25, 0.3) is 0 Å². The van der Waals surface area contributed by atoms with Crippen molar-refractivity contribution >= 4 is 16.0 Å². The van der Waals surface area contributed by atoms with Crippen LogP contribution in [0, 0.1) is 5.92 Å². The van der Waals surface area contributed by atoms with Crippen molar-refractivity contribution in [3.05, 3.63) is 29.8 Å². The zero-order valence-electron chi connectivity index (χ0n) is 17.5. The van der Waals surface area contributed by atoms with Crippen molar-refractivity contribution in [1.29, 1.82) is 0 Å². The van der Waals surface area contributed by atoms with E-state index in [1.54, 1.807) is 19.2 Å². The van der Waals surface area contributed by atoms with Gasteiger partial charge in [-0.2, -0.15) is 0 Å². The molecule has 29 heavy (non-hydrogen) atoms. The molecule has 8 heteroatoms. The van der Waals surface area contributed by atoms with E-state index in [4.69, 9.17) is 4.74 Å². The van der Waals surface area contributed by atoms with E-state index in [9.17, 15) is 8.42 Å². The fourth-order valence-corrected chi connectivity index (χ4v) is 4.92. The van der Waals surface area contributed by atoms with Gasteiger partial charge in [0.1, 0.15) is 0 Å². The summed E-state index contributed by atoms with van der Waals surface area (Å²) in [6.07, 6.45) is 6.74. The zero-order valence-corrected chi connectivity index (χ0v) is 18.3. The molecule has 7 nitrogen and oxygen atoms in total. The number of ether oxygens (including phenoxy) is 1. The quantitative estimate of drug-likeness (QED) is 0.464. The third kappa shape index (κ3) is 6.69. The highest BCUT2D eigenvalue weighted by Crippen LogP contribution is 2.23. The van der Waals surface area contributed by atoms with Crippen LogP contribution in [0.2, 0.25) is 0 Å². The van der Waals surface area contributed by atoms with E-state index < -0.39 is 10.0 Å². The molecule has 1 atom stereocenters. The molecule has 1 saturated heterocycles. The average Bonchev–Trinajstić information content (AvgIpc) is 3.25. The molecule has 0 radical (unpaired) electrons. The van der Waals surface area contributed by atoms with Crippen LogP contribution in [-0.2, 0) is 21.3 Å². The van der Waals surface area contributed by atoms with E-state index in [1.807, 2.05) is 12.1 Å². The smallest absolute Gasteiger partial charge is 0.240 e. The molecule has 1 unspecified atom stereocenters. The largest absolute Gasteiger partial charge is 0.377 e. The fraction of sp³-hybridized carbons (Fsp3) is 0.667. The number of aliphatic imine (C=N–C) groups is 1. The maximum atomic E-state index is 12.4. The highest BCUT2D eigenvalue weighted by Gasteiger charge is 2.21. The van der Waals surface area contributed by atoms with Crippen molar-refractivity contribution in [2.24, 2.45) is 10.9 Å². The van der Waals surface area contributed by atoms with E-state index >= 15 is 0 Å². The SMILES string of the molecule is CN=C(NCc1ccc(S(=O)(=O)NCC2CCCO2)cc1)NC1CCC(C)CC1. The van der Waals surface area contributed by atoms with Gasteiger partial charge in [-0.15, -0.1) is 0 Å². The van der Waals surface area contributed by atoms with Gasteiger partial charge in [0.2, 0.25) is 10.0 Å². The van der Waals surface area contributed by atoms with Crippen LogP contribution < -0.4 is 15.4 Å². The number of rotatable bonds is 7. The maximum absolute atomic E-state index is 12.4. The molecule has 0 bridgehead atoms. The second-order valence-electron chi connectivity index (χ2n) is 8.16. The third-order valence-corrected chi connectivity index (χ3v) is 7.24. The molecule has 0 aromatic heterocycles. The van der Waals surface area contributed by atoms with Crippen LogP contribution in [0.4, 0.5) is 0 Å². The summed E-state index contributed by atoms with van der Waals surface area (Å²) in [4.78, 5) is 4.59. The standard InChI is InChI=1S/C21H34N4O3S/c1-16-5-9-18(10-6-16)25-21(22-2)23-14-17-7-11-20(12-8-17)29(26,27)24-15-19-4-3-13-28-19/h7-8,11-12,16,18-19,24H,3-6,9-10,13-15H2,1-2H3,(H2,22,23,25). The van der Waals surface area contributed by atoms with Crippen molar-refractivity contribution in [2.75, 3.05) is 20.2 Å². The van der Waals surface area contributed by atoms with Gasteiger partial charge in [-0.1, -0.05) is 19.1 Å². The van der Waals surface area contributed by atoms with E-state index in [2.05, 4.69) is 27.3 Å². The van der Waals surface area contributed by atoms with Crippen LogP contribution in [0.5, 0.6) is 0 Å². The van der Waals surface area contributed by atoms with Gasteiger partial charge < -0.3 is 15.4 Å². The zero-order chi connectivity index (χ0) is 20.7.